The van der Waals surface area contributed by atoms with Gasteiger partial charge in [-0.3, -0.25) is 0 Å². The first-order chi connectivity index (χ1) is 10.7. The van der Waals surface area contributed by atoms with Gasteiger partial charge in [-0.05, 0) is 38.0 Å². The summed E-state index contributed by atoms with van der Waals surface area (Å²) in [6.45, 7) is 4.69. The summed E-state index contributed by atoms with van der Waals surface area (Å²) in [4.78, 5) is 0. The highest BCUT2D eigenvalue weighted by Gasteiger charge is 2.11. The van der Waals surface area contributed by atoms with Crippen LogP contribution in [0.15, 0.2) is 23.4 Å². The van der Waals surface area contributed by atoms with Gasteiger partial charge in [0.1, 0.15) is 11.5 Å². The van der Waals surface area contributed by atoms with Crippen LogP contribution in [0.25, 0.3) is 0 Å². The number of nitrogens with zero attached hydrogens (tertiary/aromatic N) is 1. The molecule has 0 atom stereocenters. The van der Waals surface area contributed by atoms with Crippen LogP contribution in [0.4, 0.5) is 0 Å². The van der Waals surface area contributed by atoms with Crippen molar-refractivity contribution in [1.29, 1.82) is 0 Å². The lowest BCUT2D eigenvalue weighted by molar-refractivity contribution is 0.317. The fourth-order valence-corrected chi connectivity index (χ4v) is 2.49. The quantitative estimate of drug-likeness (QED) is 0.258. The molecule has 0 unspecified atom stereocenters. The number of aromatic hydroxyl groups is 1. The van der Waals surface area contributed by atoms with E-state index in [1.807, 2.05) is 6.92 Å². The van der Waals surface area contributed by atoms with E-state index in [0.717, 1.165) is 12.8 Å². The summed E-state index contributed by atoms with van der Waals surface area (Å²) in [6, 6.07) is 5.02. The van der Waals surface area contributed by atoms with Gasteiger partial charge in [0.05, 0.1) is 12.3 Å². The molecule has 0 amide bonds. The number of phenolic OH excluding ortho intramolecular Hbond substituents is 1. The van der Waals surface area contributed by atoms with Crippen LogP contribution in [0.1, 0.15) is 70.8 Å². The van der Waals surface area contributed by atoms with Crippen LogP contribution in [0.3, 0.4) is 0 Å². The van der Waals surface area contributed by atoms with Crippen molar-refractivity contribution in [1.82, 2.24) is 0 Å². The second kappa shape index (κ2) is 10.9. The molecule has 0 heterocycles. The van der Waals surface area contributed by atoms with Crippen molar-refractivity contribution in [3.8, 4) is 11.5 Å². The van der Waals surface area contributed by atoms with Crippen LogP contribution >= 0.6 is 0 Å². The molecule has 0 spiro atoms. The van der Waals surface area contributed by atoms with Gasteiger partial charge in [-0.1, -0.05) is 50.6 Å². The molecule has 0 aromatic heterocycles. The highest BCUT2D eigenvalue weighted by atomic mass is 16.5. The van der Waals surface area contributed by atoms with Gasteiger partial charge in [-0.15, -0.1) is 0 Å². The number of ether oxygens (including phenoxy) is 1. The van der Waals surface area contributed by atoms with Crippen molar-refractivity contribution < 1.29 is 15.1 Å². The molecule has 0 saturated carbocycles. The van der Waals surface area contributed by atoms with Gasteiger partial charge in [0.25, 0.3) is 0 Å². The van der Waals surface area contributed by atoms with E-state index in [0.29, 0.717) is 30.1 Å². The van der Waals surface area contributed by atoms with Crippen LogP contribution in [-0.2, 0) is 0 Å². The second-order valence-electron chi connectivity index (χ2n) is 5.53. The normalized spacial score (nSPS) is 11.6. The van der Waals surface area contributed by atoms with E-state index < -0.39 is 0 Å². The van der Waals surface area contributed by atoms with E-state index in [9.17, 15) is 10.3 Å². The Morgan fingerprint density at radius 1 is 1.05 bits per heavy atom. The number of phenols is 1. The number of oxime groups is 1. The van der Waals surface area contributed by atoms with Gasteiger partial charge in [0.15, 0.2) is 0 Å². The van der Waals surface area contributed by atoms with Gasteiger partial charge >= 0.3 is 0 Å². The summed E-state index contributed by atoms with van der Waals surface area (Å²) in [5.74, 6) is 0.801. The minimum Gasteiger partial charge on any atom is -0.507 e. The number of benzene rings is 1. The summed E-state index contributed by atoms with van der Waals surface area (Å²) in [5, 5.41) is 22.6. The molecule has 0 bridgehead atoms. The average Bonchev–Trinajstić information content (AvgIpc) is 2.53. The molecule has 124 valence electrons. The molecule has 0 saturated heterocycles. The molecule has 22 heavy (non-hydrogen) atoms. The average molecular weight is 307 g/mol. The molecule has 1 rings (SSSR count). The summed E-state index contributed by atoms with van der Waals surface area (Å²) in [7, 11) is 0. The van der Waals surface area contributed by atoms with E-state index in [2.05, 4.69) is 12.1 Å². The van der Waals surface area contributed by atoms with E-state index in [1.165, 1.54) is 32.1 Å². The maximum Gasteiger partial charge on any atom is 0.125 e. The SMILES string of the molecule is CCCCCCCCCC(=NO)c1cc(OCC)ccc1O. The van der Waals surface area contributed by atoms with Crippen LogP contribution in [0, 0.1) is 0 Å². The zero-order valence-corrected chi connectivity index (χ0v) is 13.8. The minimum atomic E-state index is 0.124. The third kappa shape index (κ3) is 6.37. The van der Waals surface area contributed by atoms with Crippen molar-refractivity contribution in [3.63, 3.8) is 0 Å². The summed E-state index contributed by atoms with van der Waals surface area (Å²) >= 11 is 0. The van der Waals surface area contributed by atoms with Gasteiger partial charge < -0.3 is 15.1 Å². The fraction of sp³-hybridized carbons (Fsp3) is 0.611. The maximum absolute atomic E-state index is 9.96. The number of hydrogen-bond acceptors (Lipinski definition) is 4. The highest BCUT2D eigenvalue weighted by molar-refractivity contribution is 6.02. The number of hydrogen-bond donors (Lipinski definition) is 2. The van der Waals surface area contributed by atoms with E-state index in [-0.39, 0.29) is 5.75 Å². The monoisotopic (exact) mass is 307 g/mol. The Morgan fingerprint density at radius 3 is 2.36 bits per heavy atom. The Morgan fingerprint density at radius 2 is 1.73 bits per heavy atom. The first-order valence-corrected chi connectivity index (χ1v) is 8.40. The molecule has 0 radical (unpaired) electrons. The van der Waals surface area contributed by atoms with Crippen molar-refractivity contribution in [2.24, 2.45) is 5.16 Å². The predicted octanol–water partition coefficient (Wildman–Crippen LogP) is 5.11. The number of rotatable bonds is 11. The van der Waals surface area contributed by atoms with Gasteiger partial charge in [-0.2, -0.15) is 0 Å². The highest BCUT2D eigenvalue weighted by Crippen LogP contribution is 2.25. The van der Waals surface area contributed by atoms with Gasteiger partial charge in [-0.25, -0.2) is 0 Å². The lowest BCUT2D eigenvalue weighted by Crippen LogP contribution is -2.03. The van der Waals surface area contributed by atoms with Crippen molar-refractivity contribution in [2.45, 2.75) is 65.2 Å². The molecule has 0 aliphatic carbocycles. The molecule has 0 aliphatic rings. The van der Waals surface area contributed by atoms with Crippen molar-refractivity contribution >= 4 is 5.71 Å². The Kier molecular flexibility index (Phi) is 9.12. The molecule has 0 fully saturated rings. The van der Waals surface area contributed by atoms with Crippen molar-refractivity contribution in [3.05, 3.63) is 23.8 Å². The van der Waals surface area contributed by atoms with Crippen LogP contribution in [0.2, 0.25) is 0 Å². The Balaban J connectivity index is 2.49. The lowest BCUT2D eigenvalue weighted by atomic mass is 10.0. The maximum atomic E-state index is 9.96. The van der Waals surface area contributed by atoms with E-state index in [1.54, 1.807) is 18.2 Å². The topological polar surface area (TPSA) is 62.1 Å². The Labute approximate surface area is 133 Å². The first-order valence-electron chi connectivity index (χ1n) is 8.40. The minimum absolute atomic E-state index is 0.124. The summed E-state index contributed by atoms with van der Waals surface area (Å²) in [6.07, 6.45) is 9.09. The van der Waals surface area contributed by atoms with Crippen molar-refractivity contribution in [2.75, 3.05) is 6.61 Å². The zero-order chi connectivity index (χ0) is 16.2. The molecular weight excluding hydrogens is 278 g/mol. The molecule has 2 N–H and O–H groups in total. The molecule has 1 aromatic carbocycles. The Bertz CT molecular complexity index is 458. The molecule has 0 aliphatic heterocycles. The summed E-state index contributed by atoms with van der Waals surface area (Å²) < 4.78 is 5.43. The fourth-order valence-electron chi connectivity index (χ4n) is 2.49. The molecule has 1 aromatic rings. The van der Waals surface area contributed by atoms with Gasteiger partial charge in [0.2, 0.25) is 0 Å². The molecule has 4 nitrogen and oxygen atoms in total. The third-order valence-electron chi connectivity index (χ3n) is 3.73. The third-order valence-corrected chi connectivity index (χ3v) is 3.73. The second-order valence-corrected chi connectivity index (χ2v) is 5.53. The van der Waals surface area contributed by atoms with E-state index in [4.69, 9.17) is 4.74 Å². The largest absolute Gasteiger partial charge is 0.507 e. The van der Waals surface area contributed by atoms with Crippen LogP contribution in [-0.4, -0.2) is 22.6 Å². The predicted molar refractivity (Wildman–Crippen MR) is 90.2 cm³/mol. The lowest BCUT2D eigenvalue weighted by Gasteiger charge is -2.10. The first kappa shape index (κ1) is 18.3. The standard InChI is InChI=1S/C18H29NO3/c1-3-5-6-7-8-9-10-11-17(19-21)16-14-15(22-4-2)12-13-18(16)20/h12-14,20-21H,3-11H2,1-2H3. The van der Waals surface area contributed by atoms with Crippen LogP contribution < -0.4 is 4.74 Å². The van der Waals surface area contributed by atoms with Gasteiger partial charge in [0, 0.05) is 5.56 Å². The molecular formula is C18H29NO3. The van der Waals surface area contributed by atoms with E-state index >= 15 is 0 Å². The molecule has 4 heteroatoms. The van der Waals surface area contributed by atoms with Crippen LogP contribution in [0.5, 0.6) is 11.5 Å². The number of unbranched alkanes of at least 4 members (excludes halogenated alkanes) is 6. The summed E-state index contributed by atoms with van der Waals surface area (Å²) in [5.41, 5.74) is 1.08. The smallest absolute Gasteiger partial charge is 0.125 e. The zero-order valence-electron chi connectivity index (χ0n) is 13.8. The Hall–Kier alpha value is -1.71.